The van der Waals surface area contributed by atoms with Crippen molar-refractivity contribution in [2.45, 2.75) is 69.5 Å². The lowest BCUT2D eigenvalue weighted by atomic mass is 9.74. The van der Waals surface area contributed by atoms with Gasteiger partial charge in [-0.25, -0.2) is 0 Å². The molecule has 2 heteroatoms. The molecule has 0 radical (unpaired) electrons. The summed E-state index contributed by atoms with van der Waals surface area (Å²) in [5.74, 6) is 3.77. The minimum absolute atomic E-state index is 0.525. The van der Waals surface area contributed by atoms with E-state index in [-0.39, 0.29) is 0 Å². The summed E-state index contributed by atoms with van der Waals surface area (Å²) in [5.41, 5.74) is 6.72. The fraction of sp³-hybridized carbons (Fsp3) is 1.00. The van der Waals surface area contributed by atoms with E-state index < -0.39 is 0 Å². The molecule has 2 aliphatic heterocycles. The highest BCUT2D eigenvalue weighted by Gasteiger charge is 2.47. The molecule has 102 valence electrons. The molecule has 4 bridgehead atoms. The molecule has 0 amide bonds. The molecule has 6 atom stereocenters. The van der Waals surface area contributed by atoms with Crippen LogP contribution in [-0.4, -0.2) is 30.1 Å². The van der Waals surface area contributed by atoms with Gasteiger partial charge in [0.2, 0.25) is 0 Å². The molecule has 2 saturated carbocycles. The third-order valence-electron chi connectivity index (χ3n) is 6.97. The Bertz CT molecular complexity index is 315. The first kappa shape index (κ1) is 11.7. The lowest BCUT2D eigenvalue weighted by Gasteiger charge is -2.42. The van der Waals surface area contributed by atoms with Gasteiger partial charge in [-0.3, -0.25) is 0 Å². The van der Waals surface area contributed by atoms with E-state index in [0.29, 0.717) is 6.04 Å². The second-order valence-corrected chi connectivity index (χ2v) is 7.70. The molecule has 0 aromatic heterocycles. The second-order valence-electron chi connectivity index (χ2n) is 7.70. The van der Waals surface area contributed by atoms with Gasteiger partial charge in [0.15, 0.2) is 0 Å². The smallest absolute Gasteiger partial charge is 0.00995 e. The maximum absolute atomic E-state index is 6.72. The monoisotopic (exact) mass is 248 g/mol. The largest absolute Gasteiger partial charge is 0.327 e. The summed E-state index contributed by atoms with van der Waals surface area (Å²) in [5, 5.41) is 0. The minimum atomic E-state index is 0.525. The summed E-state index contributed by atoms with van der Waals surface area (Å²) in [6.07, 6.45) is 11.6. The van der Waals surface area contributed by atoms with E-state index in [2.05, 4.69) is 11.9 Å². The summed E-state index contributed by atoms with van der Waals surface area (Å²) in [6, 6.07) is 2.24. The standard InChI is InChI=1S/C16H28N2/c1-18-13-4-5-14(18)9-12(8-13)16(17)15-7-10-2-3-11(15)6-10/h10-16H,2-9,17H2,1H3. The molecule has 2 heterocycles. The number of rotatable bonds is 2. The molecule has 4 rings (SSSR count). The topological polar surface area (TPSA) is 29.3 Å². The summed E-state index contributed by atoms with van der Waals surface area (Å²) < 4.78 is 0. The normalized spacial score (nSPS) is 53.0. The molecule has 18 heavy (non-hydrogen) atoms. The van der Waals surface area contributed by atoms with Crippen molar-refractivity contribution in [3.05, 3.63) is 0 Å². The molecule has 0 spiro atoms. The Balaban J connectivity index is 1.45. The first-order valence-electron chi connectivity index (χ1n) is 8.20. The maximum Gasteiger partial charge on any atom is 0.00995 e. The SMILES string of the molecule is CN1C2CCC1CC(C(N)C1CC3CCC1C3)C2. The molecule has 0 aromatic carbocycles. The van der Waals surface area contributed by atoms with Crippen molar-refractivity contribution < 1.29 is 0 Å². The van der Waals surface area contributed by atoms with Crippen LogP contribution in [0.15, 0.2) is 0 Å². The van der Waals surface area contributed by atoms with Gasteiger partial charge in [0.05, 0.1) is 0 Å². The minimum Gasteiger partial charge on any atom is -0.327 e. The van der Waals surface area contributed by atoms with Gasteiger partial charge in [-0.2, -0.15) is 0 Å². The van der Waals surface area contributed by atoms with Gasteiger partial charge in [0.25, 0.3) is 0 Å². The van der Waals surface area contributed by atoms with Crippen LogP contribution in [0.5, 0.6) is 0 Å². The maximum atomic E-state index is 6.72. The molecular weight excluding hydrogens is 220 g/mol. The second kappa shape index (κ2) is 4.21. The van der Waals surface area contributed by atoms with Gasteiger partial charge < -0.3 is 10.6 Å². The Morgan fingerprint density at radius 3 is 2.22 bits per heavy atom. The van der Waals surface area contributed by atoms with Crippen LogP contribution in [0.3, 0.4) is 0 Å². The van der Waals surface area contributed by atoms with E-state index in [1.54, 1.807) is 0 Å². The van der Waals surface area contributed by atoms with Crippen LogP contribution in [0.4, 0.5) is 0 Å². The highest BCUT2D eigenvalue weighted by molar-refractivity contribution is 5.01. The number of hydrogen-bond donors (Lipinski definition) is 1. The van der Waals surface area contributed by atoms with Crippen LogP contribution >= 0.6 is 0 Å². The molecule has 2 N–H and O–H groups in total. The number of piperidine rings is 1. The molecule has 4 fully saturated rings. The van der Waals surface area contributed by atoms with Gasteiger partial charge >= 0.3 is 0 Å². The Morgan fingerprint density at radius 2 is 1.67 bits per heavy atom. The van der Waals surface area contributed by atoms with E-state index in [0.717, 1.165) is 35.8 Å². The van der Waals surface area contributed by atoms with Crippen molar-refractivity contribution in [1.82, 2.24) is 4.90 Å². The van der Waals surface area contributed by atoms with Gasteiger partial charge in [-0.05, 0) is 75.7 Å². The molecule has 2 aliphatic carbocycles. The van der Waals surface area contributed by atoms with Gasteiger partial charge in [0.1, 0.15) is 0 Å². The first-order valence-corrected chi connectivity index (χ1v) is 8.20. The first-order chi connectivity index (χ1) is 8.72. The van der Waals surface area contributed by atoms with Crippen molar-refractivity contribution in [3.63, 3.8) is 0 Å². The van der Waals surface area contributed by atoms with Crippen molar-refractivity contribution in [2.75, 3.05) is 7.05 Å². The van der Waals surface area contributed by atoms with Crippen molar-refractivity contribution in [1.29, 1.82) is 0 Å². The average molecular weight is 248 g/mol. The number of nitrogens with zero attached hydrogens (tertiary/aromatic N) is 1. The van der Waals surface area contributed by atoms with Crippen LogP contribution < -0.4 is 5.73 Å². The van der Waals surface area contributed by atoms with Crippen molar-refractivity contribution in [2.24, 2.45) is 29.4 Å². The molecule has 6 unspecified atom stereocenters. The van der Waals surface area contributed by atoms with Crippen LogP contribution in [0, 0.1) is 23.7 Å². The van der Waals surface area contributed by atoms with E-state index in [1.807, 2.05) is 0 Å². The third-order valence-corrected chi connectivity index (χ3v) is 6.97. The van der Waals surface area contributed by atoms with E-state index in [1.165, 1.54) is 51.4 Å². The Hall–Kier alpha value is -0.0800. The summed E-state index contributed by atoms with van der Waals surface area (Å²) in [4.78, 5) is 2.64. The fourth-order valence-corrected chi connectivity index (χ4v) is 5.88. The lowest BCUT2D eigenvalue weighted by Crippen LogP contribution is -2.48. The predicted molar refractivity (Wildman–Crippen MR) is 74.2 cm³/mol. The van der Waals surface area contributed by atoms with Crippen LogP contribution in [0.25, 0.3) is 0 Å². The zero-order valence-corrected chi connectivity index (χ0v) is 11.7. The van der Waals surface area contributed by atoms with Crippen LogP contribution in [-0.2, 0) is 0 Å². The van der Waals surface area contributed by atoms with Crippen LogP contribution in [0.1, 0.15) is 51.4 Å². The average Bonchev–Trinajstić information content (AvgIpc) is 3.03. The van der Waals surface area contributed by atoms with E-state index in [9.17, 15) is 0 Å². The number of hydrogen-bond acceptors (Lipinski definition) is 2. The molecule has 0 aromatic rings. The third kappa shape index (κ3) is 1.68. The van der Waals surface area contributed by atoms with E-state index >= 15 is 0 Å². The predicted octanol–water partition coefficient (Wildman–Crippen LogP) is 2.62. The number of fused-ring (bicyclic) bond motifs is 4. The Kier molecular flexibility index (Phi) is 2.74. The quantitative estimate of drug-likeness (QED) is 0.814. The summed E-state index contributed by atoms with van der Waals surface area (Å²) >= 11 is 0. The molecule has 4 aliphatic rings. The fourth-order valence-electron chi connectivity index (χ4n) is 5.88. The Morgan fingerprint density at radius 1 is 0.944 bits per heavy atom. The molecular formula is C16H28N2. The van der Waals surface area contributed by atoms with Gasteiger partial charge in [-0.1, -0.05) is 6.42 Å². The van der Waals surface area contributed by atoms with Crippen molar-refractivity contribution >= 4 is 0 Å². The van der Waals surface area contributed by atoms with E-state index in [4.69, 9.17) is 5.73 Å². The molecule has 2 nitrogen and oxygen atoms in total. The zero-order chi connectivity index (χ0) is 12.3. The molecule has 2 saturated heterocycles. The van der Waals surface area contributed by atoms with Crippen molar-refractivity contribution in [3.8, 4) is 0 Å². The lowest BCUT2D eigenvalue weighted by molar-refractivity contribution is 0.0959. The Labute approximate surface area is 111 Å². The highest BCUT2D eigenvalue weighted by Crippen LogP contribution is 2.51. The number of nitrogens with two attached hydrogens (primary N) is 1. The summed E-state index contributed by atoms with van der Waals surface area (Å²) in [6.45, 7) is 0. The van der Waals surface area contributed by atoms with Gasteiger partial charge in [-0.15, -0.1) is 0 Å². The van der Waals surface area contributed by atoms with Crippen LogP contribution in [0.2, 0.25) is 0 Å². The zero-order valence-electron chi connectivity index (χ0n) is 11.7. The summed E-state index contributed by atoms with van der Waals surface area (Å²) in [7, 11) is 2.33. The highest BCUT2D eigenvalue weighted by atomic mass is 15.2. The van der Waals surface area contributed by atoms with Gasteiger partial charge in [0, 0.05) is 18.1 Å².